The molecule has 2 N–H and O–H groups in total. The number of aromatic hydroxyl groups is 1. The fourth-order valence-corrected chi connectivity index (χ4v) is 2.73. The Balaban J connectivity index is 2.18. The Morgan fingerprint density at radius 3 is 2.90 bits per heavy atom. The van der Waals surface area contributed by atoms with Crippen LogP contribution in [0.5, 0.6) is 5.75 Å². The molecule has 0 aliphatic carbocycles. The summed E-state index contributed by atoms with van der Waals surface area (Å²) in [6.07, 6.45) is 1.96. The zero-order chi connectivity index (χ0) is 14.7. The summed E-state index contributed by atoms with van der Waals surface area (Å²) in [7, 11) is 0. The number of phenolic OH excluding ortho intramolecular Hbond substituents is 1. The van der Waals surface area contributed by atoms with Crippen LogP contribution in [0.3, 0.4) is 0 Å². The van der Waals surface area contributed by atoms with Crippen molar-refractivity contribution in [2.24, 2.45) is 5.92 Å². The maximum atomic E-state index is 13.5. The van der Waals surface area contributed by atoms with Gasteiger partial charge in [-0.2, -0.15) is 0 Å². The highest BCUT2D eigenvalue weighted by Crippen LogP contribution is 2.27. The van der Waals surface area contributed by atoms with Gasteiger partial charge in [0.1, 0.15) is 11.6 Å². The Labute approximate surface area is 117 Å². The SMILES string of the molecule is CC(=O)c1cc(F)cc(CN2CCCC(CO)C2)c1O. The molecule has 1 heterocycles. The van der Waals surface area contributed by atoms with Gasteiger partial charge in [0.15, 0.2) is 5.78 Å². The van der Waals surface area contributed by atoms with Gasteiger partial charge in [-0.3, -0.25) is 9.69 Å². The van der Waals surface area contributed by atoms with Gasteiger partial charge in [-0.15, -0.1) is 0 Å². The smallest absolute Gasteiger partial charge is 0.163 e. The molecule has 5 heteroatoms. The van der Waals surface area contributed by atoms with Gasteiger partial charge in [0.05, 0.1) is 5.56 Å². The van der Waals surface area contributed by atoms with E-state index < -0.39 is 5.82 Å². The summed E-state index contributed by atoms with van der Waals surface area (Å²) in [5.74, 6) is -0.773. The van der Waals surface area contributed by atoms with Crippen molar-refractivity contribution >= 4 is 5.78 Å². The highest BCUT2D eigenvalue weighted by atomic mass is 19.1. The number of carbonyl (C=O) groups excluding carboxylic acids is 1. The van der Waals surface area contributed by atoms with Crippen LogP contribution in [0.4, 0.5) is 4.39 Å². The second-order valence-electron chi connectivity index (χ2n) is 5.44. The van der Waals surface area contributed by atoms with Gasteiger partial charge in [0, 0.05) is 25.3 Å². The number of carbonyl (C=O) groups is 1. The van der Waals surface area contributed by atoms with Crippen molar-refractivity contribution in [2.45, 2.75) is 26.3 Å². The van der Waals surface area contributed by atoms with Gasteiger partial charge >= 0.3 is 0 Å². The second kappa shape index (κ2) is 6.33. The predicted octanol–water partition coefficient (Wildman–Crippen LogP) is 1.94. The van der Waals surface area contributed by atoms with Gasteiger partial charge in [0.2, 0.25) is 0 Å². The zero-order valence-electron chi connectivity index (χ0n) is 11.6. The average Bonchev–Trinajstić information content (AvgIpc) is 2.42. The summed E-state index contributed by atoms with van der Waals surface area (Å²) in [6, 6.07) is 2.33. The Morgan fingerprint density at radius 2 is 2.25 bits per heavy atom. The van der Waals surface area contributed by atoms with Crippen molar-refractivity contribution in [2.75, 3.05) is 19.7 Å². The lowest BCUT2D eigenvalue weighted by Crippen LogP contribution is -2.36. The number of nitrogens with zero attached hydrogens (tertiary/aromatic N) is 1. The highest BCUT2D eigenvalue weighted by molar-refractivity contribution is 5.97. The molecule has 1 aliphatic rings. The first-order chi connectivity index (χ1) is 9.51. The summed E-state index contributed by atoms with van der Waals surface area (Å²) in [5, 5.41) is 19.3. The number of rotatable bonds is 4. The van der Waals surface area contributed by atoms with Crippen LogP contribution in [0.2, 0.25) is 0 Å². The van der Waals surface area contributed by atoms with Gasteiger partial charge in [0.25, 0.3) is 0 Å². The normalized spacial score (nSPS) is 20.1. The molecule has 110 valence electrons. The Hall–Kier alpha value is -1.46. The maximum absolute atomic E-state index is 13.5. The number of piperidine rings is 1. The van der Waals surface area contributed by atoms with Gasteiger partial charge in [-0.05, 0) is 44.4 Å². The molecule has 1 atom stereocenters. The lowest BCUT2D eigenvalue weighted by Gasteiger charge is -2.32. The van der Waals surface area contributed by atoms with E-state index in [-0.39, 0.29) is 29.6 Å². The third kappa shape index (κ3) is 3.35. The minimum atomic E-state index is -0.515. The number of hydrogen-bond acceptors (Lipinski definition) is 4. The molecule has 1 aliphatic heterocycles. The standard InChI is InChI=1S/C15H20FNO3/c1-10(19)14-6-13(16)5-12(15(14)20)8-17-4-2-3-11(7-17)9-18/h5-6,11,18,20H,2-4,7-9H2,1H3. The Morgan fingerprint density at radius 1 is 1.50 bits per heavy atom. The van der Waals surface area contributed by atoms with Crippen molar-refractivity contribution in [1.82, 2.24) is 4.90 Å². The van der Waals surface area contributed by atoms with E-state index in [1.54, 1.807) is 0 Å². The van der Waals surface area contributed by atoms with Crippen LogP contribution in [0.25, 0.3) is 0 Å². The number of ketones is 1. The number of phenols is 1. The van der Waals surface area contributed by atoms with Crippen LogP contribution in [0, 0.1) is 11.7 Å². The lowest BCUT2D eigenvalue weighted by molar-refractivity contribution is 0.101. The third-order valence-corrected chi connectivity index (χ3v) is 3.79. The van der Waals surface area contributed by atoms with Crippen LogP contribution >= 0.6 is 0 Å². The van der Waals surface area contributed by atoms with Gasteiger partial charge in [-0.25, -0.2) is 4.39 Å². The Bertz CT molecular complexity index is 504. The number of benzene rings is 1. The third-order valence-electron chi connectivity index (χ3n) is 3.79. The van der Waals surface area contributed by atoms with Crippen molar-refractivity contribution in [1.29, 1.82) is 0 Å². The van der Waals surface area contributed by atoms with Crippen LogP contribution in [-0.2, 0) is 6.54 Å². The van der Waals surface area contributed by atoms with Gasteiger partial charge in [-0.1, -0.05) is 0 Å². The molecule has 1 aromatic carbocycles. The molecular formula is C15H20FNO3. The van der Waals surface area contributed by atoms with Crippen molar-refractivity contribution < 1.29 is 19.4 Å². The van der Waals surface area contributed by atoms with Crippen molar-refractivity contribution in [3.63, 3.8) is 0 Å². The second-order valence-corrected chi connectivity index (χ2v) is 5.44. The fraction of sp³-hybridized carbons (Fsp3) is 0.533. The molecule has 0 amide bonds. The van der Waals surface area contributed by atoms with E-state index >= 15 is 0 Å². The molecule has 0 aromatic heterocycles. The van der Waals surface area contributed by atoms with Crippen LogP contribution < -0.4 is 0 Å². The molecule has 1 aromatic rings. The first-order valence-electron chi connectivity index (χ1n) is 6.86. The van der Waals surface area contributed by atoms with E-state index in [2.05, 4.69) is 4.90 Å². The molecule has 1 unspecified atom stereocenters. The van der Waals surface area contributed by atoms with Gasteiger partial charge < -0.3 is 10.2 Å². The van der Waals surface area contributed by atoms with Crippen LogP contribution in [0.15, 0.2) is 12.1 Å². The first-order valence-corrected chi connectivity index (χ1v) is 6.86. The molecule has 0 bridgehead atoms. The van der Waals surface area contributed by atoms with Crippen LogP contribution in [0.1, 0.15) is 35.7 Å². The molecular weight excluding hydrogens is 261 g/mol. The lowest BCUT2D eigenvalue weighted by atomic mass is 9.98. The van der Waals surface area contributed by atoms with Crippen molar-refractivity contribution in [3.8, 4) is 5.75 Å². The van der Waals surface area contributed by atoms with E-state index in [1.165, 1.54) is 13.0 Å². The minimum Gasteiger partial charge on any atom is -0.507 e. The molecule has 20 heavy (non-hydrogen) atoms. The van der Waals surface area contributed by atoms with E-state index in [0.717, 1.165) is 32.0 Å². The summed E-state index contributed by atoms with van der Waals surface area (Å²) in [5.41, 5.74) is 0.449. The molecule has 1 fully saturated rings. The number of aliphatic hydroxyl groups is 1. The van der Waals surface area contributed by atoms with E-state index in [1.807, 2.05) is 0 Å². The molecule has 0 radical (unpaired) electrons. The summed E-state index contributed by atoms with van der Waals surface area (Å²) < 4.78 is 13.5. The topological polar surface area (TPSA) is 60.8 Å². The Kier molecular flexibility index (Phi) is 4.73. The number of likely N-dealkylation sites (tertiary alicyclic amines) is 1. The minimum absolute atomic E-state index is 0.0238. The average molecular weight is 281 g/mol. The summed E-state index contributed by atoms with van der Waals surface area (Å²) in [6.45, 7) is 3.41. The first kappa shape index (κ1) is 14.9. The predicted molar refractivity (Wildman–Crippen MR) is 73.2 cm³/mol. The van der Waals surface area contributed by atoms with Crippen molar-refractivity contribution in [3.05, 3.63) is 29.1 Å². The number of aliphatic hydroxyl groups excluding tert-OH is 1. The summed E-state index contributed by atoms with van der Waals surface area (Å²) >= 11 is 0. The molecule has 1 saturated heterocycles. The maximum Gasteiger partial charge on any atom is 0.163 e. The van der Waals surface area contributed by atoms with E-state index in [4.69, 9.17) is 0 Å². The monoisotopic (exact) mass is 281 g/mol. The highest BCUT2D eigenvalue weighted by Gasteiger charge is 2.21. The molecule has 0 spiro atoms. The van der Waals surface area contributed by atoms with E-state index in [9.17, 15) is 19.4 Å². The zero-order valence-corrected chi connectivity index (χ0v) is 11.6. The van der Waals surface area contributed by atoms with E-state index in [0.29, 0.717) is 12.1 Å². The largest absolute Gasteiger partial charge is 0.507 e. The number of Topliss-reactive ketones (excluding diaryl/α,β-unsaturated/α-hetero) is 1. The molecule has 0 saturated carbocycles. The summed E-state index contributed by atoms with van der Waals surface area (Å²) in [4.78, 5) is 13.5. The molecule has 4 nitrogen and oxygen atoms in total. The number of halogens is 1. The fourth-order valence-electron chi connectivity index (χ4n) is 2.73. The quantitative estimate of drug-likeness (QED) is 0.828. The van der Waals surface area contributed by atoms with Crippen LogP contribution in [-0.4, -0.2) is 40.6 Å². The number of hydrogen-bond donors (Lipinski definition) is 2. The molecule has 2 rings (SSSR count).